The molecule has 0 aliphatic heterocycles. The lowest BCUT2D eigenvalue weighted by atomic mass is 10.3. The molecule has 0 atom stereocenters. The van der Waals surface area contributed by atoms with Gasteiger partial charge in [0.1, 0.15) is 12.3 Å². The number of carbonyl (C=O) groups excluding carboxylic acids is 1. The van der Waals surface area contributed by atoms with Crippen LogP contribution in [0.15, 0.2) is 15.7 Å². The Morgan fingerprint density at radius 3 is 3.15 bits per heavy atom. The van der Waals surface area contributed by atoms with Crippen LogP contribution in [0.3, 0.4) is 0 Å². The Morgan fingerprint density at radius 1 is 1.92 bits per heavy atom. The molecule has 0 aliphatic carbocycles. The van der Waals surface area contributed by atoms with Gasteiger partial charge in [0.05, 0.1) is 0 Å². The van der Waals surface area contributed by atoms with E-state index < -0.39 is 0 Å². The van der Waals surface area contributed by atoms with Crippen LogP contribution < -0.4 is 5.73 Å². The predicted molar refractivity (Wildman–Crippen MR) is 45.1 cm³/mol. The molecule has 0 spiro atoms. The van der Waals surface area contributed by atoms with Gasteiger partial charge in [-0.15, -0.1) is 0 Å². The van der Waals surface area contributed by atoms with Crippen LogP contribution in [0.5, 0.6) is 0 Å². The molecule has 1 aromatic heterocycles. The van der Waals surface area contributed by atoms with Gasteiger partial charge in [-0.25, -0.2) is 0 Å². The molecule has 0 saturated carbocycles. The molecule has 13 heavy (non-hydrogen) atoms. The largest absolute Gasteiger partial charge is 0.395 e. The second-order valence-electron chi connectivity index (χ2n) is 2.13. The third kappa shape index (κ3) is 2.29. The van der Waals surface area contributed by atoms with Crippen LogP contribution in [0.2, 0.25) is 0 Å². The average Bonchev–Trinajstić information content (AvgIpc) is 2.54. The van der Waals surface area contributed by atoms with E-state index in [2.05, 4.69) is 19.7 Å². The van der Waals surface area contributed by atoms with Gasteiger partial charge in [0.15, 0.2) is 12.0 Å². The Morgan fingerprint density at radius 2 is 2.69 bits per heavy atom. The summed E-state index contributed by atoms with van der Waals surface area (Å²) < 4.78 is 4.56. The Labute approximate surface area is 74.3 Å². The number of nitrogens with zero attached hydrogens (tertiary/aromatic N) is 2. The highest BCUT2D eigenvalue weighted by molar-refractivity contribution is 6.35. The van der Waals surface area contributed by atoms with Gasteiger partial charge in [0, 0.05) is 6.07 Å². The summed E-state index contributed by atoms with van der Waals surface area (Å²) in [7, 11) is 0. The quantitative estimate of drug-likeness (QED) is 0.409. The predicted octanol–water partition coefficient (Wildman–Crippen LogP) is 0.196. The first-order chi connectivity index (χ1) is 6.27. The Bertz CT molecular complexity index is 319. The monoisotopic (exact) mass is 183 g/mol. The summed E-state index contributed by atoms with van der Waals surface area (Å²) >= 11 is 0. The van der Waals surface area contributed by atoms with Crippen molar-refractivity contribution in [2.45, 2.75) is 6.92 Å². The van der Waals surface area contributed by atoms with Crippen LogP contribution in [-0.2, 0) is 9.63 Å². The van der Waals surface area contributed by atoms with Crippen LogP contribution in [-0.4, -0.2) is 23.8 Å². The van der Waals surface area contributed by atoms with E-state index in [1.54, 1.807) is 6.92 Å². The minimum Gasteiger partial charge on any atom is -0.395 e. The Balaban J connectivity index is 2.84. The van der Waals surface area contributed by atoms with E-state index in [1.165, 1.54) is 6.07 Å². The van der Waals surface area contributed by atoms with E-state index >= 15 is 0 Å². The van der Waals surface area contributed by atoms with Crippen molar-refractivity contribution in [2.24, 2.45) is 5.16 Å². The normalized spacial score (nSPS) is 11.3. The maximum Gasteiger partial charge on any atom is 0.222 e. The fraction of sp³-hybridized carbons (Fsp3) is 0.286. The van der Waals surface area contributed by atoms with Crippen LogP contribution in [0.1, 0.15) is 12.6 Å². The summed E-state index contributed by atoms with van der Waals surface area (Å²) in [5, 5.41) is 7.01. The van der Waals surface area contributed by atoms with Crippen molar-refractivity contribution >= 4 is 17.9 Å². The molecule has 70 valence electrons. The van der Waals surface area contributed by atoms with Gasteiger partial charge < -0.3 is 15.1 Å². The Hall–Kier alpha value is -1.85. The molecule has 6 heteroatoms. The van der Waals surface area contributed by atoms with Crippen molar-refractivity contribution in [3.63, 3.8) is 0 Å². The average molecular weight is 183 g/mol. The van der Waals surface area contributed by atoms with Gasteiger partial charge in [-0.1, -0.05) is 10.3 Å². The summed E-state index contributed by atoms with van der Waals surface area (Å²) in [5.74, 6) is 0.126. The van der Waals surface area contributed by atoms with Crippen molar-refractivity contribution in [1.82, 2.24) is 5.16 Å². The molecule has 0 amide bonds. The van der Waals surface area contributed by atoms with Gasteiger partial charge in [0.25, 0.3) is 0 Å². The van der Waals surface area contributed by atoms with Crippen molar-refractivity contribution in [3.05, 3.63) is 11.8 Å². The van der Waals surface area contributed by atoms with Crippen molar-refractivity contribution in [2.75, 3.05) is 12.3 Å². The molecule has 0 fully saturated rings. The molecule has 1 heterocycles. The lowest BCUT2D eigenvalue weighted by molar-refractivity contribution is -0.102. The minimum atomic E-state index is 0.0577. The number of rotatable bonds is 4. The van der Waals surface area contributed by atoms with Crippen LogP contribution in [0, 0.1) is 0 Å². The maximum atomic E-state index is 10.5. The number of anilines is 1. The van der Waals surface area contributed by atoms with Gasteiger partial charge in [-0.3, -0.25) is 4.79 Å². The zero-order valence-corrected chi connectivity index (χ0v) is 7.06. The van der Waals surface area contributed by atoms with Crippen molar-refractivity contribution in [3.8, 4) is 0 Å². The molecule has 0 radical (unpaired) electrons. The molecule has 0 aromatic carbocycles. The maximum absolute atomic E-state index is 10.5. The third-order valence-electron chi connectivity index (χ3n) is 1.19. The summed E-state index contributed by atoms with van der Waals surface area (Å²) in [5.41, 5.74) is 5.58. The number of hydrogen-bond acceptors (Lipinski definition) is 6. The summed E-state index contributed by atoms with van der Waals surface area (Å²) in [6.45, 7) is 2.13. The van der Waals surface area contributed by atoms with E-state index in [0.29, 0.717) is 12.9 Å². The first-order valence-electron chi connectivity index (χ1n) is 3.65. The molecule has 6 nitrogen and oxygen atoms in total. The highest BCUT2D eigenvalue weighted by Gasteiger charge is 2.08. The minimum absolute atomic E-state index is 0.0577. The van der Waals surface area contributed by atoms with E-state index in [4.69, 9.17) is 5.73 Å². The standard InChI is InChI=1S/C7H9N3O3/c1-2-12-9-6(4-11)5-3-7(8)13-10-5/h3-4H,2,8H2,1H3. The number of oxime groups is 1. The summed E-state index contributed by atoms with van der Waals surface area (Å²) in [4.78, 5) is 15.2. The number of aldehydes is 1. The number of hydrogen-bond donors (Lipinski definition) is 1. The number of aromatic nitrogens is 1. The second kappa shape index (κ2) is 4.24. The van der Waals surface area contributed by atoms with Crippen LogP contribution in [0.4, 0.5) is 5.88 Å². The first kappa shape index (κ1) is 9.24. The fourth-order valence-corrected chi connectivity index (χ4v) is 0.673. The van der Waals surface area contributed by atoms with Crippen molar-refractivity contribution in [1.29, 1.82) is 0 Å². The molecular formula is C7H9N3O3. The Kier molecular flexibility index (Phi) is 3.02. The molecular weight excluding hydrogens is 174 g/mol. The zero-order valence-electron chi connectivity index (χ0n) is 7.06. The number of nitrogen functional groups attached to an aromatic ring is 1. The van der Waals surface area contributed by atoms with Gasteiger partial charge in [-0.05, 0) is 6.92 Å². The van der Waals surface area contributed by atoms with E-state index in [-0.39, 0.29) is 17.3 Å². The van der Waals surface area contributed by atoms with Gasteiger partial charge >= 0.3 is 0 Å². The van der Waals surface area contributed by atoms with E-state index in [1.807, 2.05) is 0 Å². The SMILES string of the molecule is CCON=C(C=O)c1cc(N)on1. The van der Waals surface area contributed by atoms with Gasteiger partial charge in [0.2, 0.25) is 5.88 Å². The molecule has 1 aromatic rings. The first-order valence-corrected chi connectivity index (χ1v) is 3.65. The second-order valence-corrected chi connectivity index (χ2v) is 2.13. The lowest BCUT2D eigenvalue weighted by Gasteiger charge is -1.92. The fourth-order valence-electron chi connectivity index (χ4n) is 0.673. The van der Waals surface area contributed by atoms with E-state index in [9.17, 15) is 4.79 Å². The van der Waals surface area contributed by atoms with Crippen LogP contribution >= 0.6 is 0 Å². The third-order valence-corrected chi connectivity index (χ3v) is 1.19. The molecule has 0 saturated heterocycles. The number of carbonyl (C=O) groups is 1. The molecule has 0 unspecified atom stereocenters. The molecule has 0 bridgehead atoms. The highest BCUT2D eigenvalue weighted by atomic mass is 16.6. The smallest absolute Gasteiger partial charge is 0.222 e. The summed E-state index contributed by atoms with van der Waals surface area (Å²) in [6, 6.07) is 1.40. The lowest BCUT2D eigenvalue weighted by Crippen LogP contribution is -2.03. The van der Waals surface area contributed by atoms with E-state index in [0.717, 1.165) is 0 Å². The summed E-state index contributed by atoms with van der Waals surface area (Å²) in [6.07, 6.45) is 0.521. The topological polar surface area (TPSA) is 90.7 Å². The molecule has 0 aliphatic rings. The van der Waals surface area contributed by atoms with Crippen LogP contribution in [0.25, 0.3) is 0 Å². The van der Waals surface area contributed by atoms with Gasteiger partial charge in [-0.2, -0.15) is 0 Å². The molecule has 1 rings (SSSR count). The number of nitrogens with two attached hydrogens (primary N) is 1. The molecule has 2 N–H and O–H groups in total. The highest BCUT2D eigenvalue weighted by Crippen LogP contribution is 2.05. The van der Waals surface area contributed by atoms with Crippen molar-refractivity contribution < 1.29 is 14.2 Å². The zero-order chi connectivity index (χ0) is 9.68.